The summed E-state index contributed by atoms with van der Waals surface area (Å²) in [6.07, 6.45) is 0.970. The molecule has 3 amide bonds. The van der Waals surface area contributed by atoms with Gasteiger partial charge in [0, 0.05) is 13.0 Å². The number of nitrogens with one attached hydrogen (secondary N) is 3. The average Bonchev–Trinajstić information content (AvgIpc) is 2.83. The number of carboxylic acid groups (broad SMARTS) is 1. The first-order chi connectivity index (χ1) is 17.3. The Morgan fingerprint density at radius 1 is 0.946 bits per heavy atom. The number of nitrogens with zero attached hydrogens (tertiary/aromatic N) is 1. The quantitative estimate of drug-likeness (QED) is 0.0794. The van der Waals surface area contributed by atoms with Gasteiger partial charge >= 0.3 is 5.97 Å². The van der Waals surface area contributed by atoms with Crippen molar-refractivity contribution in [3.05, 3.63) is 29.8 Å². The topological polar surface area (TPSA) is 235 Å². The molecule has 0 bridgehead atoms. The van der Waals surface area contributed by atoms with Gasteiger partial charge in [-0.25, -0.2) is 4.79 Å². The Balaban J connectivity index is 3.05. The van der Waals surface area contributed by atoms with Crippen LogP contribution in [0, 0.1) is 5.92 Å². The van der Waals surface area contributed by atoms with Crippen molar-refractivity contribution in [1.29, 1.82) is 0 Å². The van der Waals surface area contributed by atoms with Gasteiger partial charge < -0.3 is 43.4 Å². The molecule has 0 aliphatic rings. The van der Waals surface area contributed by atoms with Crippen LogP contribution in [0.15, 0.2) is 29.3 Å². The number of aliphatic imine (C=N–C) groups is 1. The van der Waals surface area contributed by atoms with Crippen molar-refractivity contribution in [2.24, 2.45) is 28.1 Å². The lowest BCUT2D eigenvalue weighted by atomic mass is 9.96. The zero-order valence-electron chi connectivity index (χ0n) is 21.4. The summed E-state index contributed by atoms with van der Waals surface area (Å²) in [7, 11) is 0. The highest BCUT2D eigenvalue weighted by Crippen LogP contribution is 2.13. The molecule has 0 radical (unpaired) electrons. The molecule has 0 heterocycles. The van der Waals surface area contributed by atoms with Crippen LogP contribution in [0.1, 0.15) is 45.6 Å². The molecule has 206 valence electrons. The van der Waals surface area contributed by atoms with E-state index in [0.29, 0.717) is 18.4 Å². The summed E-state index contributed by atoms with van der Waals surface area (Å²) in [4.78, 5) is 54.1. The molecule has 13 heteroatoms. The number of nitrogens with two attached hydrogens (primary N) is 3. The molecule has 0 aliphatic heterocycles. The number of phenolic OH excluding ortho intramolecular Hbond substituents is 1. The average molecular weight is 522 g/mol. The number of aromatic hydroxyl groups is 1. The lowest BCUT2D eigenvalue weighted by Crippen LogP contribution is -2.59. The van der Waals surface area contributed by atoms with E-state index in [9.17, 15) is 29.4 Å². The molecule has 37 heavy (non-hydrogen) atoms. The second-order valence-electron chi connectivity index (χ2n) is 8.94. The van der Waals surface area contributed by atoms with E-state index < -0.39 is 47.9 Å². The number of hydrogen-bond donors (Lipinski definition) is 8. The number of rotatable bonds is 15. The summed E-state index contributed by atoms with van der Waals surface area (Å²) in [6.45, 7) is 5.24. The monoisotopic (exact) mass is 521 g/mol. The van der Waals surface area contributed by atoms with Gasteiger partial charge in [0.2, 0.25) is 17.7 Å². The van der Waals surface area contributed by atoms with Crippen LogP contribution in [0.25, 0.3) is 0 Å². The Labute approximate surface area is 216 Å². The molecule has 0 fully saturated rings. The maximum absolute atomic E-state index is 13.3. The third kappa shape index (κ3) is 11.2. The summed E-state index contributed by atoms with van der Waals surface area (Å²) >= 11 is 0. The first-order valence-corrected chi connectivity index (χ1v) is 12.1. The SMILES string of the molecule is CCC(C)C(NC(=O)C(Cc1ccc(O)cc1)NC(=O)C(C)N)C(=O)NC(CCCN=C(N)N)C(=O)O. The molecule has 0 aliphatic carbocycles. The van der Waals surface area contributed by atoms with Crippen LogP contribution in [0.4, 0.5) is 0 Å². The standard InChI is InChI=1S/C24H39N7O6/c1-4-13(2)19(22(35)29-17(23(36)37)6-5-11-28-24(26)27)31-21(34)18(30-20(33)14(3)25)12-15-7-9-16(32)10-8-15/h7-10,13-14,17-19,32H,4-6,11-12,25H2,1-3H3,(H,29,35)(H,30,33)(H,31,34)(H,36,37)(H4,26,27,28). The first kappa shape index (κ1) is 31.2. The van der Waals surface area contributed by atoms with E-state index in [-0.39, 0.29) is 37.0 Å². The van der Waals surface area contributed by atoms with Crippen LogP contribution in [0.2, 0.25) is 0 Å². The van der Waals surface area contributed by atoms with Gasteiger partial charge in [-0.3, -0.25) is 19.4 Å². The van der Waals surface area contributed by atoms with Crippen molar-refractivity contribution >= 4 is 29.7 Å². The third-order valence-electron chi connectivity index (χ3n) is 5.78. The number of carbonyl (C=O) groups excluding carboxylic acids is 3. The summed E-state index contributed by atoms with van der Waals surface area (Å²) in [5.41, 5.74) is 16.8. The largest absolute Gasteiger partial charge is 0.508 e. The maximum atomic E-state index is 13.3. The van der Waals surface area contributed by atoms with Crippen LogP contribution < -0.4 is 33.2 Å². The number of amides is 3. The van der Waals surface area contributed by atoms with Crippen molar-refractivity contribution < 1.29 is 29.4 Å². The highest BCUT2D eigenvalue weighted by atomic mass is 16.4. The van der Waals surface area contributed by atoms with E-state index in [1.165, 1.54) is 19.1 Å². The van der Waals surface area contributed by atoms with Crippen LogP contribution >= 0.6 is 0 Å². The zero-order valence-corrected chi connectivity index (χ0v) is 21.4. The molecule has 1 rings (SSSR count). The minimum atomic E-state index is -1.23. The highest BCUT2D eigenvalue weighted by Gasteiger charge is 2.32. The van der Waals surface area contributed by atoms with E-state index in [2.05, 4.69) is 20.9 Å². The molecule has 0 saturated carbocycles. The molecule has 0 spiro atoms. The van der Waals surface area contributed by atoms with Crippen LogP contribution in [-0.2, 0) is 25.6 Å². The molecule has 0 saturated heterocycles. The van der Waals surface area contributed by atoms with Gasteiger partial charge in [-0.05, 0) is 43.4 Å². The Morgan fingerprint density at radius 2 is 1.54 bits per heavy atom. The number of phenols is 1. The van der Waals surface area contributed by atoms with Crippen LogP contribution in [-0.4, -0.2) is 70.6 Å². The van der Waals surface area contributed by atoms with Gasteiger partial charge in [0.15, 0.2) is 5.96 Å². The van der Waals surface area contributed by atoms with E-state index >= 15 is 0 Å². The molecule has 1 aromatic rings. The number of guanidine groups is 1. The Hall–Kier alpha value is -3.87. The van der Waals surface area contributed by atoms with Crippen molar-refractivity contribution in [3.8, 4) is 5.75 Å². The maximum Gasteiger partial charge on any atom is 0.326 e. The molecule has 5 unspecified atom stereocenters. The predicted molar refractivity (Wildman–Crippen MR) is 138 cm³/mol. The van der Waals surface area contributed by atoms with Gasteiger partial charge in [-0.15, -0.1) is 0 Å². The van der Waals surface area contributed by atoms with E-state index in [1.807, 2.05) is 6.92 Å². The Morgan fingerprint density at radius 3 is 2.05 bits per heavy atom. The van der Waals surface area contributed by atoms with Crippen molar-refractivity contribution in [3.63, 3.8) is 0 Å². The third-order valence-corrected chi connectivity index (χ3v) is 5.78. The van der Waals surface area contributed by atoms with Crippen molar-refractivity contribution in [1.82, 2.24) is 16.0 Å². The summed E-state index contributed by atoms with van der Waals surface area (Å²) in [5, 5.41) is 26.8. The highest BCUT2D eigenvalue weighted by molar-refractivity contribution is 5.94. The second-order valence-corrected chi connectivity index (χ2v) is 8.94. The molecular weight excluding hydrogens is 482 g/mol. The number of carbonyl (C=O) groups is 4. The number of aliphatic carboxylic acids is 1. The number of hydrogen-bond acceptors (Lipinski definition) is 7. The summed E-state index contributed by atoms with van der Waals surface area (Å²) < 4.78 is 0. The van der Waals surface area contributed by atoms with E-state index in [0.717, 1.165) is 0 Å². The van der Waals surface area contributed by atoms with Gasteiger partial charge in [0.1, 0.15) is 23.9 Å². The fourth-order valence-corrected chi connectivity index (χ4v) is 3.36. The molecule has 11 N–H and O–H groups in total. The summed E-state index contributed by atoms with van der Waals surface area (Å²) in [5.74, 6) is -3.52. The zero-order chi connectivity index (χ0) is 28.1. The van der Waals surface area contributed by atoms with Crippen molar-refractivity contribution in [2.75, 3.05) is 6.54 Å². The smallest absolute Gasteiger partial charge is 0.326 e. The van der Waals surface area contributed by atoms with E-state index in [1.54, 1.807) is 19.1 Å². The minimum absolute atomic E-state index is 0.0455. The Bertz CT molecular complexity index is 947. The minimum Gasteiger partial charge on any atom is -0.508 e. The molecule has 1 aromatic carbocycles. The molecule has 13 nitrogen and oxygen atoms in total. The lowest BCUT2D eigenvalue weighted by Gasteiger charge is -2.28. The normalized spacial score (nSPS) is 14.8. The fraction of sp³-hybridized carbons (Fsp3) is 0.542. The van der Waals surface area contributed by atoms with Crippen molar-refractivity contribution in [2.45, 2.75) is 70.6 Å². The number of carboxylic acids is 1. The van der Waals surface area contributed by atoms with Gasteiger partial charge in [0.05, 0.1) is 6.04 Å². The lowest BCUT2D eigenvalue weighted by molar-refractivity contribution is -0.142. The second kappa shape index (κ2) is 15.3. The van der Waals surface area contributed by atoms with Crippen LogP contribution in [0.5, 0.6) is 5.75 Å². The van der Waals surface area contributed by atoms with E-state index in [4.69, 9.17) is 17.2 Å². The molecule has 0 aromatic heterocycles. The van der Waals surface area contributed by atoms with Gasteiger partial charge in [-0.2, -0.15) is 0 Å². The first-order valence-electron chi connectivity index (χ1n) is 12.1. The Kier molecular flexibility index (Phi) is 12.9. The van der Waals surface area contributed by atoms with Crippen LogP contribution in [0.3, 0.4) is 0 Å². The number of benzene rings is 1. The van der Waals surface area contributed by atoms with Gasteiger partial charge in [0.25, 0.3) is 0 Å². The van der Waals surface area contributed by atoms with Gasteiger partial charge in [-0.1, -0.05) is 32.4 Å². The fourth-order valence-electron chi connectivity index (χ4n) is 3.36. The summed E-state index contributed by atoms with van der Waals surface area (Å²) in [6, 6.07) is 1.88. The molecule has 5 atom stereocenters. The predicted octanol–water partition coefficient (Wildman–Crippen LogP) is -1.08. The molecular formula is C24H39N7O6.